The highest BCUT2D eigenvalue weighted by atomic mass is 79.9. The predicted octanol–water partition coefficient (Wildman–Crippen LogP) is 4.71. The Hall–Kier alpha value is -1.61. The highest BCUT2D eigenvalue weighted by Crippen LogP contribution is 2.24. The first-order chi connectivity index (χ1) is 9.58. The van der Waals surface area contributed by atoms with Crippen molar-refractivity contribution in [2.24, 2.45) is 0 Å². The second kappa shape index (κ2) is 6.71. The SMILES string of the molecule is N#C/C(=C/c1ccc(Br)s1)C(=O)Nc1ccc(Cl)cc1. The lowest BCUT2D eigenvalue weighted by atomic mass is 10.2. The molecule has 6 heteroatoms. The van der Waals surface area contributed by atoms with E-state index in [-0.39, 0.29) is 5.57 Å². The van der Waals surface area contributed by atoms with E-state index in [1.807, 2.05) is 18.2 Å². The van der Waals surface area contributed by atoms with Gasteiger partial charge in [0.05, 0.1) is 3.79 Å². The lowest BCUT2D eigenvalue weighted by molar-refractivity contribution is -0.112. The van der Waals surface area contributed by atoms with Crippen molar-refractivity contribution >= 4 is 56.5 Å². The van der Waals surface area contributed by atoms with Gasteiger partial charge >= 0.3 is 0 Å². The average Bonchev–Trinajstić information content (AvgIpc) is 2.84. The van der Waals surface area contributed by atoms with Crippen LogP contribution in [0.2, 0.25) is 5.02 Å². The van der Waals surface area contributed by atoms with E-state index in [1.54, 1.807) is 30.3 Å². The van der Waals surface area contributed by atoms with Crippen LogP contribution in [-0.4, -0.2) is 5.91 Å². The van der Waals surface area contributed by atoms with Gasteiger partial charge in [-0.15, -0.1) is 11.3 Å². The Kier molecular flexibility index (Phi) is 4.96. The summed E-state index contributed by atoms with van der Waals surface area (Å²) in [6.07, 6.45) is 1.56. The Morgan fingerprint density at radius 2 is 2.00 bits per heavy atom. The van der Waals surface area contributed by atoms with Crippen LogP contribution in [0.3, 0.4) is 0 Å². The average molecular weight is 368 g/mol. The summed E-state index contributed by atoms with van der Waals surface area (Å²) in [6.45, 7) is 0. The fraction of sp³-hybridized carbons (Fsp3) is 0. The Morgan fingerprint density at radius 3 is 2.55 bits per heavy atom. The van der Waals surface area contributed by atoms with Gasteiger partial charge in [-0.1, -0.05) is 11.6 Å². The fourth-order valence-corrected chi connectivity index (χ4v) is 2.92. The number of rotatable bonds is 3. The molecule has 100 valence electrons. The second-order valence-corrected chi connectivity index (χ2v) is 6.70. The molecule has 2 aromatic rings. The van der Waals surface area contributed by atoms with E-state index in [2.05, 4.69) is 21.2 Å². The summed E-state index contributed by atoms with van der Waals surface area (Å²) < 4.78 is 0.944. The first-order valence-corrected chi connectivity index (χ1v) is 7.51. The normalized spacial score (nSPS) is 10.9. The number of halogens is 2. The molecule has 1 amide bonds. The van der Waals surface area contributed by atoms with Crippen LogP contribution in [0.1, 0.15) is 4.88 Å². The monoisotopic (exact) mass is 366 g/mol. The van der Waals surface area contributed by atoms with E-state index in [0.717, 1.165) is 8.66 Å². The maximum absolute atomic E-state index is 12.0. The number of amides is 1. The number of hydrogen-bond donors (Lipinski definition) is 1. The van der Waals surface area contributed by atoms with Gasteiger partial charge in [-0.3, -0.25) is 4.79 Å². The minimum atomic E-state index is -0.445. The molecule has 1 N–H and O–H groups in total. The third kappa shape index (κ3) is 3.94. The number of thiophene rings is 1. The maximum Gasteiger partial charge on any atom is 0.266 e. The topological polar surface area (TPSA) is 52.9 Å². The van der Waals surface area contributed by atoms with E-state index >= 15 is 0 Å². The molecule has 1 heterocycles. The van der Waals surface area contributed by atoms with Crippen molar-refractivity contribution in [1.82, 2.24) is 0 Å². The number of carbonyl (C=O) groups excluding carboxylic acids is 1. The van der Waals surface area contributed by atoms with Gasteiger partial charge in [-0.05, 0) is 58.4 Å². The molecule has 0 aliphatic heterocycles. The van der Waals surface area contributed by atoms with Crippen LogP contribution in [-0.2, 0) is 4.79 Å². The third-order valence-electron chi connectivity index (χ3n) is 2.35. The van der Waals surface area contributed by atoms with E-state index in [1.165, 1.54) is 11.3 Å². The molecule has 0 saturated carbocycles. The molecule has 1 aromatic heterocycles. The molecule has 0 aliphatic carbocycles. The zero-order valence-corrected chi connectivity index (χ0v) is 13.2. The van der Waals surface area contributed by atoms with Gasteiger partial charge in [0.25, 0.3) is 5.91 Å². The third-order valence-corrected chi connectivity index (χ3v) is 4.17. The highest BCUT2D eigenvalue weighted by Gasteiger charge is 2.10. The number of nitrogens with one attached hydrogen (secondary N) is 1. The summed E-state index contributed by atoms with van der Waals surface area (Å²) in [5, 5.41) is 12.3. The summed E-state index contributed by atoms with van der Waals surface area (Å²) in [5.74, 6) is -0.445. The largest absolute Gasteiger partial charge is 0.321 e. The van der Waals surface area contributed by atoms with Crippen LogP contribution in [0.5, 0.6) is 0 Å². The molecular weight excluding hydrogens is 360 g/mol. The molecule has 0 atom stereocenters. The molecule has 3 nitrogen and oxygen atoms in total. The van der Waals surface area contributed by atoms with Crippen molar-refractivity contribution in [1.29, 1.82) is 5.26 Å². The lowest BCUT2D eigenvalue weighted by Gasteiger charge is -2.03. The number of anilines is 1. The van der Waals surface area contributed by atoms with Crippen LogP contribution < -0.4 is 5.32 Å². The van der Waals surface area contributed by atoms with Crippen LogP contribution in [0.4, 0.5) is 5.69 Å². The molecule has 2 rings (SSSR count). The molecule has 0 bridgehead atoms. The molecule has 0 fully saturated rings. The Morgan fingerprint density at radius 1 is 1.30 bits per heavy atom. The maximum atomic E-state index is 12.0. The molecule has 20 heavy (non-hydrogen) atoms. The number of benzene rings is 1. The molecule has 0 saturated heterocycles. The summed E-state index contributed by atoms with van der Waals surface area (Å²) >= 11 is 10.6. The summed E-state index contributed by atoms with van der Waals surface area (Å²) in [4.78, 5) is 12.8. The van der Waals surface area contributed by atoms with Crippen molar-refractivity contribution in [3.8, 4) is 6.07 Å². The summed E-state index contributed by atoms with van der Waals surface area (Å²) in [5.41, 5.74) is 0.641. The van der Waals surface area contributed by atoms with Gasteiger partial charge in [-0.2, -0.15) is 5.26 Å². The quantitative estimate of drug-likeness (QED) is 0.631. The van der Waals surface area contributed by atoms with Gasteiger partial charge in [0, 0.05) is 15.6 Å². The molecular formula is C14H8BrClN2OS. The van der Waals surface area contributed by atoms with E-state index in [0.29, 0.717) is 10.7 Å². The zero-order valence-electron chi connectivity index (χ0n) is 10.1. The van der Waals surface area contributed by atoms with Crippen molar-refractivity contribution in [3.63, 3.8) is 0 Å². The predicted molar refractivity (Wildman–Crippen MR) is 85.7 cm³/mol. The summed E-state index contributed by atoms with van der Waals surface area (Å²) in [6, 6.07) is 12.3. The first-order valence-electron chi connectivity index (χ1n) is 5.52. The highest BCUT2D eigenvalue weighted by molar-refractivity contribution is 9.11. The minimum Gasteiger partial charge on any atom is -0.321 e. The minimum absolute atomic E-state index is 0.0503. The van der Waals surface area contributed by atoms with Gasteiger partial charge < -0.3 is 5.32 Å². The van der Waals surface area contributed by atoms with Crippen molar-refractivity contribution < 1.29 is 4.79 Å². The standard InChI is InChI=1S/C14H8BrClN2OS/c15-13-6-5-12(20-13)7-9(8-17)14(19)18-11-3-1-10(16)2-4-11/h1-7H,(H,18,19)/b9-7-. The smallest absolute Gasteiger partial charge is 0.266 e. The molecule has 0 aliphatic rings. The van der Waals surface area contributed by atoms with Crippen molar-refractivity contribution in [2.45, 2.75) is 0 Å². The lowest BCUT2D eigenvalue weighted by Crippen LogP contribution is -2.13. The zero-order chi connectivity index (χ0) is 14.5. The first kappa shape index (κ1) is 14.8. The van der Waals surface area contributed by atoms with E-state index < -0.39 is 5.91 Å². The van der Waals surface area contributed by atoms with Crippen LogP contribution in [0.15, 0.2) is 45.8 Å². The van der Waals surface area contributed by atoms with E-state index in [4.69, 9.17) is 16.9 Å². The second-order valence-electron chi connectivity index (χ2n) is 3.77. The fourth-order valence-electron chi connectivity index (χ4n) is 1.43. The van der Waals surface area contributed by atoms with Crippen molar-refractivity contribution in [2.75, 3.05) is 5.32 Å². The number of nitrogens with zero attached hydrogens (tertiary/aromatic N) is 1. The van der Waals surface area contributed by atoms with Crippen LogP contribution in [0, 0.1) is 11.3 Å². The van der Waals surface area contributed by atoms with Gasteiger partial charge in [0.1, 0.15) is 11.6 Å². The van der Waals surface area contributed by atoms with Gasteiger partial charge in [0.2, 0.25) is 0 Å². The van der Waals surface area contributed by atoms with E-state index in [9.17, 15) is 4.79 Å². The molecule has 0 spiro atoms. The van der Waals surface area contributed by atoms with Gasteiger partial charge in [-0.25, -0.2) is 0 Å². The van der Waals surface area contributed by atoms with Crippen molar-refractivity contribution in [3.05, 3.63) is 55.7 Å². The molecule has 1 aromatic carbocycles. The Labute approximate surface area is 133 Å². The molecule has 0 radical (unpaired) electrons. The summed E-state index contributed by atoms with van der Waals surface area (Å²) in [7, 11) is 0. The number of hydrogen-bond acceptors (Lipinski definition) is 3. The molecule has 0 unspecified atom stereocenters. The van der Waals surface area contributed by atoms with Crippen LogP contribution in [0.25, 0.3) is 6.08 Å². The Balaban J connectivity index is 2.16. The Bertz CT molecular complexity index is 701. The number of carbonyl (C=O) groups is 1. The van der Waals surface area contributed by atoms with Gasteiger partial charge in [0.15, 0.2) is 0 Å². The number of nitriles is 1. The van der Waals surface area contributed by atoms with Crippen LogP contribution >= 0.6 is 38.9 Å².